The SMILES string of the molecule is Nc1ccc(CCNC(=O)c2ccc(OC(F)(F)F)cc2)cc1. The molecule has 0 bridgehead atoms. The molecule has 0 radical (unpaired) electrons. The van der Waals surface area contributed by atoms with Gasteiger partial charge in [-0.2, -0.15) is 0 Å². The maximum Gasteiger partial charge on any atom is 0.573 e. The molecule has 2 rings (SSSR count). The van der Waals surface area contributed by atoms with Crippen LogP contribution in [0.5, 0.6) is 5.75 Å². The van der Waals surface area contributed by atoms with E-state index in [1.807, 2.05) is 12.1 Å². The minimum absolute atomic E-state index is 0.261. The van der Waals surface area contributed by atoms with Crippen molar-refractivity contribution in [1.82, 2.24) is 5.32 Å². The molecule has 122 valence electrons. The lowest BCUT2D eigenvalue weighted by molar-refractivity contribution is -0.274. The summed E-state index contributed by atoms with van der Waals surface area (Å²) in [5, 5.41) is 2.70. The molecule has 3 N–H and O–H groups in total. The number of hydrogen-bond acceptors (Lipinski definition) is 3. The number of ether oxygens (including phenoxy) is 1. The minimum Gasteiger partial charge on any atom is -0.406 e. The normalized spacial score (nSPS) is 11.1. The summed E-state index contributed by atoms with van der Waals surface area (Å²) in [5.74, 6) is -0.727. The maximum absolute atomic E-state index is 12.0. The van der Waals surface area contributed by atoms with E-state index in [9.17, 15) is 18.0 Å². The molecular formula is C16H15F3N2O2. The van der Waals surface area contributed by atoms with Crippen LogP contribution in [0.4, 0.5) is 18.9 Å². The molecule has 0 atom stereocenters. The van der Waals surface area contributed by atoms with Crippen LogP contribution in [-0.4, -0.2) is 18.8 Å². The van der Waals surface area contributed by atoms with E-state index in [0.29, 0.717) is 18.7 Å². The second-order valence-electron chi connectivity index (χ2n) is 4.82. The van der Waals surface area contributed by atoms with Crippen LogP contribution < -0.4 is 15.8 Å². The quantitative estimate of drug-likeness (QED) is 0.831. The van der Waals surface area contributed by atoms with E-state index in [0.717, 1.165) is 17.7 Å². The summed E-state index contributed by atoms with van der Waals surface area (Å²) >= 11 is 0. The second-order valence-corrected chi connectivity index (χ2v) is 4.82. The van der Waals surface area contributed by atoms with Crippen molar-refractivity contribution in [3.63, 3.8) is 0 Å². The summed E-state index contributed by atoms with van der Waals surface area (Å²) < 4.78 is 39.9. The summed E-state index contributed by atoms with van der Waals surface area (Å²) in [7, 11) is 0. The number of rotatable bonds is 5. The third kappa shape index (κ3) is 5.54. The molecule has 0 aliphatic carbocycles. The monoisotopic (exact) mass is 324 g/mol. The zero-order valence-corrected chi connectivity index (χ0v) is 12.1. The molecule has 0 saturated carbocycles. The van der Waals surface area contributed by atoms with Gasteiger partial charge in [-0.15, -0.1) is 13.2 Å². The van der Waals surface area contributed by atoms with Gasteiger partial charge >= 0.3 is 6.36 Å². The van der Waals surface area contributed by atoms with Crippen molar-refractivity contribution in [2.45, 2.75) is 12.8 Å². The third-order valence-electron chi connectivity index (χ3n) is 3.03. The highest BCUT2D eigenvalue weighted by Gasteiger charge is 2.31. The molecule has 0 aliphatic heterocycles. The van der Waals surface area contributed by atoms with E-state index in [1.165, 1.54) is 12.1 Å². The third-order valence-corrected chi connectivity index (χ3v) is 3.03. The second kappa shape index (κ2) is 7.04. The first-order valence-corrected chi connectivity index (χ1v) is 6.82. The number of amides is 1. The Morgan fingerprint density at radius 1 is 1.04 bits per heavy atom. The number of benzene rings is 2. The molecule has 0 heterocycles. The largest absolute Gasteiger partial charge is 0.573 e. The van der Waals surface area contributed by atoms with Gasteiger partial charge in [0.15, 0.2) is 0 Å². The lowest BCUT2D eigenvalue weighted by Crippen LogP contribution is -2.25. The zero-order valence-electron chi connectivity index (χ0n) is 12.1. The summed E-state index contributed by atoms with van der Waals surface area (Å²) in [6, 6.07) is 12.0. The van der Waals surface area contributed by atoms with Crippen molar-refractivity contribution in [3.05, 3.63) is 59.7 Å². The number of alkyl halides is 3. The molecule has 1 amide bonds. The molecule has 23 heavy (non-hydrogen) atoms. The van der Waals surface area contributed by atoms with Gasteiger partial charge in [0.2, 0.25) is 0 Å². The Kier molecular flexibility index (Phi) is 5.10. The molecule has 0 aliphatic rings. The molecule has 0 saturated heterocycles. The van der Waals surface area contributed by atoms with Gasteiger partial charge in [0.1, 0.15) is 5.75 Å². The molecule has 0 fully saturated rings. The first-order valence-electron chi connectivity index (χ1n) is 6.82. The van der Waals surface area contributed by atoms with Crippen LogP contribution in [0.1, 0.15) is 15.9 Å². The first kappa shape index (κ1) is 16.7. The summed E-state index contributed by atoms with van der Waals surface area (Å²) in [6.45, 7) is 0.406. The lowest BCUT2D eigenvalue weighted by Gasteiger charge is -2.09. The van der Waals surface area contributed by atoms with Crippen LogP contribution in [-0.2, 0) is 6.42 Å². The van der Waals surface area contributed by atoms with E-state index >= 15 is 0 Å². The Balaban J connectivity index is 1.84. The standard InChI is InChI=1S/C16H15F3N2O2/c17-16(18,19)23-14-7-3-12(4-8-14)15(22)21-10-9-11-1-5-13(20)6-2-11/h1-8H,9-10,20H2,(H,21,22). The summed E-state index contributed by atoms with van der Waals surface area (Å²) in [6.07, 6.45) is -4.12. The van der Waals surface area contributed by atoms with Crippen LogP contribution in [0.25, 0.3) is 0 Å². The maximum atomic E-state index is 12.0. The smallest absolute Gasteiger partial charge is 0.406 e. The highest BCUT2D eigenvalue weighted by atomic mass is 19.4. The number of anilines is 1. The fourth-order valence-corrected chi connectivity index (χ4v) is 1.91. The summed E-state index contributed by atoms with van der Waals surface area (Å²) in [5.41, 5.74) is 7.53. The number of nitrogen functional groups attached to an aromatic ring is 1. The molecule has 0 spiro atoms. The lowest BCUT2D eigenvalue weighted by atomic mass is 10.1. The van der Waals surface area contributed by atoms with Crippen molar-refractivity contribution < 1.29 is 22.7 Å². The Labute approximate surface area is 131 Å². The van der Waals surface area contributed by atoms with Crippen molar-refractivity contribution in [2.24, 2.45) is 0 Å². The van der Waals surface area contributed by atoms with Gasteiger partial charge in [-0.1, -0.05) is 12.1 Å². The van der Waals surface area contributed by atoms with Crippen molar-refractivity contribution in [3.8, 4) is 5.75 Å². The molecule has 0 aromatic heterocycles. The van der Waals surface area contributed by atoms with E-state index < -0.39 is 6.36 Å². The predicted molar refractivity (Wildman–Crippen MR) is 80.0 cm³/mol. The Hall–Kier alpha value is -2.70. The number of halogens is 3. The van der Waals surface area contributed by atoms with E-state index in [4.69, 9.17) is 5.73 Å². The van der Waals surface area contributed by atoms with Crippen LogP contribution >= 0.6 is 0 Å². The average Bonchev–Trinajstić information content (AvgIpc) is 2.48. The molecule has 0 unspecified atom stereocenters. The van der Waals surface area contributed by atoms with Gasteiger partial charge in [-0.3, -0.25) is 4.79 Å². The average molecular weight is 324 g/mol. The highest BCUT2D eigenvalue weighted by molar-refractivity contribution is 5.94. The van der Waals surface area contributed by atoms with E-state index in [1.54, 1.807) is 12.1 Å². The molecule has 7 heteroatoms. The zero-order chi connectivity index (χ0) is 16.9. The van der Waals surface area contributed by atoms with Gasteiger partial charge < -0.3 is 15.8 Å². The number of hydrogen-bond donors (Lipinski definition) is 2. The topological polar surface area (TPSA) is 64.3 Å². The summed E-state index contributed by atoms with van der Waals surface area (Å²) in [4.78, 5) is 11.9. The van der Waals surface area contributed by atoms with Gasteiger partial charge in [0.25, 0.3) is 5.91 Å². The van der Waals surface area contributed by atoms with Crippen LogP contribution in [0, 0.1) is 0 Å². The van der Waals surface area contributed by atoms with Gasteiger partial charge in [0.05, 0.1) is 0 Å². The van der Waals surface area contributed by atoms with Gasteiger partial charge in [-0.25, -0.2) is 0 Å². The van der Waals surface area contributed by atoms with Gasteiger partial charge in [-0.05, 0) is 48.4 Å². The fraction of sp³-hybridized carbons (Fsp3) is 0.188. The highest BCUT2D eigenvalue weighted by Crippen LogP contribution is 2.22. The molecule has 4 nitrogen and oxygen atoms in total. The Bertz CT molecular complexity index is 653. The van der Waals surface area contributed by atoms with E-state index in [2.05, 4.69) is 10.1 Å². The van der Waals surface area contributed by atoms with Gasteiger partial charge in [0, 0.05) is 17.8 Å². The number of nitrogens with one attached hydrogen (secondary N) is 1. The molecule has 2 aromatic carbocycles. The first-order chi connectivity index (χ1) is 10.8. The molecular weight excluding hydrogens is 309 g/mol. The van der Waals surface area contributed by atoms with Crippen molar-refractivity contribution in [2.75, 3.05) is 12.3 Å². The van der Waals surface area contributed by atoms with E-state index in [-0.39, 0.29) is 17.2 Å². The Morgan fingerprint density at radius 2 is 1.65 bits per heavy atom. The fourth-order valence-electron chi connectivity index (χ4n) is 1.91. The van der Waals surface area contributed by atoms with Crippen LogP contribution in [0.2, 0.25) is 0 Å². The number of nitrogens with two attached hydrogens (primary N) is 1. The van der Waals surface area contributed by atoms with Crippen molar-refractivity contribution in [1.29, 1.82) is 0 Å². The Morgan fingerprint density at radius 3 is 2.22 bits per heavy atom. The number of carbonyl (C=O) groups is 1. The molecule has 2 aromatic rings. The minimum atomic E-state index is -4.75. The van der Waals surface area contributed by atoms with Crippen LogP contribution in [0.3, 0.4) is 0 Å². The van der Waals surface area contributed by atoms with Crippen LogP contribution in [0.15, 0.2) is 48.5 Å². The predicted octanol–water partition coefficient (Wildman–Crippen LogP) is 3.14. The van der Waals surface area contributed by atoms with Crippen molar-refractivity contribution >= 4 is 11.6 Å². The number of carbonyl (C=O) groups excluding carboxylic acids is 1.